The Hall–Kier alpha value is -1.05. The van der Waals surface area contributed by atoms with E-state index in [4.69, 9.17) is 19.6 Å². The summed E-state index contributed by atoms with van der Waals surface area (Å²) in [5, 5.41) is 6.36. The summed E-state index contributed by atoms with van der Waals surface area (Å²) >= 11 is 0. The number of aromatic nitrogens is 2. The van der Waals surface area contributed by atoms with Crippen LogP contribution in [0.2, 0.25) is 0 Å². The first-order chi connectivity index (χ1) is 9.04. The number of nitrogens with zero attached hydrogens (tertiary/aromatic N) is 2. The molecule has 0 aliphatic carbocycles. The van der Waals surface area contributed by atoms with Crippen LogP contribution in [0.1, 0.15) is 5.56 Å². The molecule has 2 aromatic rings. The van der Waals surface area contributed by atoms with Gasteiger partial charge in [-0.1, -0.05) is 6.07 Å². The second-order valence-electron chi connectivity index (χ2n) is 4.27. The fraction of sp³-hybridized carbons (Fsp3) is 0.222. The van der Waals surface area contributed by atoms with Crippen molar-refractivity contribution in [3.05, 3.63) is 36.3 Å². The number of hydrogen-bond donors (Lipinski definition) is 5. The van der Waals surface area contributed by atoms with Crippen molar-refractivity contribution < 1.29 is 33.8 Å². The monoisotopic (exact) mass is 322 g/mol. The maximum absolute atomic E-state index is 11.3. The number of aliphatic hydroxyl groups is 1. The molecule has 0 fully saturated rings. The molecule has 0 aromatic carbocycles. The van der Waals surface area contributed by atoms with E-state index in [-0.39, 0.29) is 5.56 Å². The largest absolute Gasteiger partial charge is 0.369 e. The molecule has 0 bridgehead atoms. The molecular formula is C9H12N2O7P2. The summed E-state index contributed by atoms with van der Waals surface area (Å²) in [4.78, 5) is 40.2. The van der Waals surface area contributed by atoms with Crippen LogP contribution in [-0.2, 0) is 15.6 Å². The molecule has 2 heterocycles. The van der Waals surface area contributed by atoms with Crippen molar-refractivity contribution in [2.75, 3.05) is 0 Å². The first kappa shape index (κ1) is 15.3. The SMILES string of the molecule is O=P(O)(O)C(O)(Cc1ccc2nccn2c1)P(=O)(O)O. The third-order valence-corrected chi connectivity index (χ3v) is 6.57. The Bertz CT molecular complexity index is 709. The smallest absolute Gasteiger partial charge is 0.367 e. The van der Waals surface area contributed by atoms with Crippen LogP contribution in [-0.4, -0.2) is 39.1 Å². The van der Waals surface area contributed by atoms with E-state index in [2.05, 4.69) is 4.98 Å². The molecule has 0 atom stereocenters. The molecule has 2 rings (SSSR count). The zero-order valence-electron chi connectivity index (χ0n) is 9.94. The molecule has 5 N–H and O–H groups in total. The van der Waals surface area contributed by atoms with E-state index in [1.165, 1.54) is 28.9 Å². The quantitative estimate of drug-likeness (QED) is 0.488. The molecule has 110 valence electrons. The fourth-order valence-electron chi connectivity index (χ4n) is 1.72. The van der Waals surface area contributed by atoms with Gasteiger partial charge in [0.2, 0.25) is 0 Å². The second-order valence-corrected chi connectivity index (χ2v) is 8.28. The van der Waals surface area contributed by atoms with Gasteiger partial charge in [0.05, 0.1) is 0 Å². The summed E-state index contributed by atoms with van der Waals surface area (Å²) in [7, 11) is -10.9. The molecule has 20 heavy (non-hydrogen) atoms. The van der Waals surface area contributed by atoms with Crippen molar-refractivity contribution in [2.24, 2.45) is 0 Å². The van der Waals surface area contributed by atoms with Gasteiger partial charge < -0.3 is 29.1 Å². The Morgan fingerprint density at radius 3 is 2.30 bits per heavy atom. The minimum absolute atomic E-state index is 0.143. The van der Waals surface area contributed by atoms with Gasteiger partial charge in [-0.25, -0.2) is 4.98 Å². The van der Waals surface area contributed by atoms with Crippen molar-refractivity contribution in [1.29, 1.82) is 0 Å². The number of hydrogen-bond acceptors (Lipinski definition) is 4. The van der Waals surface area contributed by atoms with Crippen molar-refractivity contribution in [2.45, 2.75) is 11.5 Å². The highest BCUT2D eigenvalue weighted by atomic mass is 31.2. The number of pyridine rings is 1. The molecule has 9 nitrogen and oxygen atoms in total. The van der Waals surface area contributed by atoms with Crippen LogP contribution >= 0.6 is 15.2 Å². The molecule has 0 saturated carbocycles. The average Bonchev–Trinajstić information content (AvgIpc) is 2.73. The second kappa shape index (κ2) is 4.75. The van der Waals surface area contributed by atoms with Crippen molar-refractivity contribution in [3.8, 4) is 0 Å². The Kier molecular flexibility index (Phi) is 3.64. The maximum Gasteiger partial charge on any atom is 0.369 e. The summed E-state index contributed by atoms with van der Waals surface area (Å²) < 4.78 is 24.0. The lowest BCUT2D eigenvalue weighted by atomic mass is 10.2. The predicted molar refractivity (Wildman–Crippen MR) is 67.9 cm³/mol. The minimum atomic E-state index is -5.45. The number of fused-ring (bicyclic) bond motifs is 1. The van der Waals surface area contributed by atoms with E-state index in [0.29, 0.717) is 5.65 Å². The van der Waals surface area contributed by atoms with Crippen LogP contribution in [0.25, 0.3) is 5.65 Å². The van der Waals surface area contributed by atoms with Gasteiger partial charge in [-0.05, 0) is 11.6 Å². The lowest BCUT2D eigenvalue weighted by Gasteiger charge is -2.29. The maximum atomic E-state index is 11.3. The topological polar surface area (TPSA) is 153 Å². The van der Waals surface area contributed by atoms with E-state index in [9.17, 15) is 14.2 Å². The molecule has 11 heteroatoms. The van der Waals surface area contributed by atoms with Gasteiger partial charge in [-0.2, -0.15) is 0 Å². The zero-order valence-corrected chi connectivity index (χ0v) is 11.7. The molecule has 0 aliphatic rings. The molecular weight excluding hydrogens is 310 g/mol. The van der Waals surface area contributed by atoms with Gasteiger partial charge in [-0.15, -0.1) is 0 Å². The Morgan fingerprint density at radius 1 is 1.15 bits per heavy atom. The van der Waals surface area contributed by atoms with Crippen LogP contribution in [0.5, 0.6) is 0 Å². The lowest BCUT2D eigenvalue weighted by molar-refractivity contribution is 0.131. The first-order valence-electron chi connectivity index (χ1n) is 5.30. The molecule has 0 amide bonds. The van der Waals surface area contributed by atoms with E-state index in [0.717, 1.165) is 0 Å². The summed E-state index contributed by atoms with van der Waals surface area (Å²) in [6.07, 6.45) is 3.51. The summed E-state index contributed by atoms with van der Waals surface area (Å²) in [6.45, 7) is 0. The molecule has 0 radical (unpaired) electrons. The summed E-state index contributed by atoms with van der Waals surface area (Å²) in [5.41, 5.74) is 0.689. The van der Waals surface area contributed by atoms with Crippen LogP contribution in [0.3, 0.4) is 0 Å². The zero-order chi connectivity index (χ0) is 15.2. The van der Waals surface area contributed by atoms with E-state index in [1.807, 2.05) is 0 Å². The van der Waals surface area contributed by atoms with Crippen molar-refractivity contribution in [1.82, 2.24) is 9.38 Å². The number of imidazole rings is 1. The lowest BCUT2D eigenvalue weighted by Crippen LogP contribution is -2.31. The summed E-state index contributed by atoms with van der Waals surface area (Å²) in [5.74, 6) is 0. The van der Waals surface area contributed by atoms with Gasteiger partial charge in [0.15, 0.2) is 0 Å². The Labute approximate surface area is 112 Å². The fourth-order valence-corrected chi connectivity index (χ4v) is 3.85. The van der Waals surface area contributed by atoms with Gasteiger partial charge >= 0.3 is 15.2 Å². The highest BCUT2D eigenvalue weighted by molar-refractivity contribution is 7.72. The van der Waals surface area contributed by atoms with Gasteiger partial charge in [0.1, 0.15) is 5.65 Å². The molecule has 0 saturated heterocycles. The van der Waals surface area contributed by atoms with Gasteiger partial charge in [0, 0.05) is 25.0 Å². The molecule has 2 aromatic heterocycles. The van der Waals surface area contributed by atoms with Crippen molar-refractivity contribution in [3.63, 3.8) is 0 Å². The average molecular weight is 322 g/mol. The molecule has 0 unspecified atom stereocenters. The third-order valence-electron chi connectivity index (χ3n) is 2.82. The van der Waals surface area contributed by atoms with Gasteiger partial charge in [-0.3, -0.25) is 9.13 Å². The first-order valence-corrected chi connectivity index (χ1v) is 8.52. The Morgan fingerprint density at radius 2 is 1.75 bits per heavy atom. The van der Waals surface area contributed by atoms with E-state index >= 15 is 0 Å². The van der Waals surface area contributed by atoms with Crippen LogP contribution in [0.15, 0.2) is 30.7 Å². The van der Waals surface area contributed by atoms with E-state index < -0.39 is 26.7 Å². The van der Waals surface area contributed by atoms with Crippen LogP contribution in [0.4, 0.5) is 0 Å². The standard InChI is InChI=1S/C9H12N2O7P2/c12-9(19(13,14)15,20(16,17)18)5-7-1-2-8-10-3-4-11(8)6-7/h1-4,6,12H,5H2,(H2,13,14,15)(H2,16,17,18). The summed E-state index contributed by atoms with van der Waals surface area (Å²) in [6, 6.07) is 2.87. The normalized spacial score (nSPS) is 13.8. The Balaban J connectivity index is 2.47. The van der Waals surface area contributed by atoms with Crippen LogP contribution in [0, 0.1) is 0 Å². The highest BCUT2D eigenvalue weighted by Crippen LogP contribution is 2.68. The van der Waals surface area contributed by atoms with E-state index in [1.54, 1.807) is 6.20 Å². The molecule has 0 aliphatic heterocycles. The van der Waals surface area contributed by atoms with Crippen LogP contribution < -0.4 is 0 Å². The van der Waals surface area contributed by atoms with Crippen molar-refractivity contribution >= 4 is 20.8 Å². The predicted octanol–water partition coefficient (Wildman–Crippen LogP) is -0.122. The molecule has 0 spiro atoms. The van der Waals surface area contributed by atoms with Gasteiger partial charge in [0.25, 0.3) is 5.08 Å². The highest BCUT2D eigenvalue weighted by Gasteiger charge is 2.59. The third kappa shape index (κ3) is 2.57. The minimum Gasteiger partial charge on any atom is -0.367 e. The number of rotatable bonds is 4.